The van der Waals surface area contributed by atoms with E-state index in [9.17, 15) is 43.2 Å². The number of hydrogen-bond acceptors (Lipinski definition) is 15. The van der Waals surface area contributed by atoms with Crippen LogP contribution in [0.5, 0.6) is 0 Å². The third-order valence-corrected chi connectivity index (χ3v) is 18.4. The molecule has 0 aromatic heterocycles. The number of hydrogen-bond donors (Lipinski definition) is 3. The minimum absolute atomic E-state index is 0.105. The molecule has 0 spiro atoms. The van der Waals surface area contributed by atoms with Crippen molar-refractivity contribution in [1.29, 1.82) is 0 Å². The number of carbonyl (C=O) groups excluding carboxylic acids is 4. The lowest BCUT2D eigenvalue weighted by atomic mass is 9.99. The van der Waals surface area contributed by atoms with Gasteiger partial charge in [-0.15, -0.1) is 0 Å². The highest BCUT2D eigenvalue weighted by Gasteiger charge is 2.30. The van der Waals surface area contributed by atoms with Gasteiger partial charge in [0.2, 0.25) is 0 Å². The van der Waals surface area contributed by atoms with Crippen LogP contribution in [0.4, 0.5) is 0 Å². The maximum atomic E-state index is 13.0. The van der Waals surface area contributed by atoms with Crippen LogP contribution in [0.15, 0.2) is 0 Å². The summed E-state index contributed by atoms with van der Waals surface area (Å²) in [5.41, 5.74) is 0. The van der Waals surface area contributed by atoms with Crippen LogP contribution in [0.2, 0.25) is 0 Å². The van der Waals surface area contributed by atoms with E-state index in [1.165, 1.54) is 154 Å². The zero-order chi connectivity index (χ0) is 65.9. The number of esters is 4. The minimum atomic E-state index is -4.95. The Morgan fingerprint density at radius 2 is 0.573 bits per heavy atom. The summed E-state index contributed by atoms with van der Waals surface area (Å²) in [5, 5.41) is 10.6. The molecule has 0 saturated carbocycles. The van der Waals surface area contributed by atoms with Crippen LogP contribution in [0.3, 0.4) is 0 Å². The van der Waals surface area contributed by atoms with Crippen LogP contribution >= 0.6 is 15.6 Å². The van der Waals surface area contributed by atoms with Crippen molar-refractivity contribution in [2.45, 2.75) is 369 Å². The number of carbonyl (C=O) groups is 4. The fourth-order valence-corrected chi connectivity index (χ4v) is 12.1. The van der Waals surface area contributed by atoms with Crippen LogP contribution in [0.1, 0.15) is 350 Å². The molecule has 0 radical (unpaired) electrons. The first-order valence-electron chi connectivity index (χ1n) is 36.4. The molecule has 0 heterocycles. The van der Waals surface area contributed by atoms with Crippen molar-refractivity contribution in [3.8, 4) is 0 Å². The van der Waals surface area contributed by atoms with Crippen molar-refractivity contribution in [1.82, 2.24) is 0 Å². The summed E-state index contributed by atoms with van der Waals surface area (Å²) < 4.78 is 68.1. The first-order chi connectivity index (χ1) is 42.8. The predicted octanol–water partition coefficient (Wildman–Crippen LogP) is 19.8. The van der Waals surface area contributed by atoms with E-state index < -0.39 is 97.5 Å². The molecular formula is C70H136O17P2. The van der Waals surface area contributed by atoms with E-state index in [-0.39, 0.29) is 25.7 Å². The Labute approximate surface area is 543 Å². The van der Waals surface area contributed by atoms with Gasteiger partial charge in [-0.25, -0.2) is 9.13 Å². The van der Waals surface area contributed by atoms with Crippen LogP contribution in [-0.4, -0.2) is 96.7 Å². The van der Waals surface area contributed by atoms with Crippen molar-refractivity contribution in [3.63, 3.8) is 0 Å². The van der Waals surface area contributed by atoms with Crippen molar-refractivity contribution >= 4 is 39.5 Å². The fourth-order valence-electron chi connectivity index (χ4n) is 10.5. The normalized spacial score (nSPS) is 14.5. The molecule has 3 N–H and O–H groups in total. The van der Waals surface area contributed by atoms with Gasteiger partial charge in [-0.05, 0) is 43.4 Å². The number of rotatable bonds is 68. The van der Waals surface area contributed by atoms with Gasteiger partial charge in [0, 0.05) is 25.7 Å². The monoisotopic (exact) mass is 1310 g/mol. The molecule has 0 amide bonds. The Balaban J connectivity index is 5.17. The molecular weight excluding hydrogens is 1170 g/mol. The highest BCUT2D eigenvalue weighted by Crippen LogP contribution is 2.45. The molecule has 0 rings (SSSR count). The zero-order valence-corrected chi connectivity index (χ0v) is 59.7. The van der Waals surface area contributed by atoms with Gasteiger partial charge >= 0.3 is 39.5 Å². The van der Waals surface area contributed by atoms with Crippen LogP contribution in [0.25, 0.3) is 0 Å². The summed E-state index contributed by atoms with van der Waals surface area (Å²) in [7, 11) is -9.89. The molecule has 0 aromatic carbocycles. The van der Waals surface area contributed by atoms with E-state index in [1.54, 1.807) is 0 Å². The van der Waals surface area contributed by atoms with E-state index in [4.69, 9.17) is 37.0 Å². The summed E-state index contributed by atoms with van der Waals surface area (Å²) in [6, 6.07) is 0. The maximum Gasteiger partial charge on any atom is 0.472 e. The molecule has 0 aliphatic heterocycles. The standard InChI is InChI=1S/C70H136O17P2/c1-8-10-11-34-44-51-67(72)80-57-65(86-69(74)54-47-40-33-27-21-20-24-30-37-43-50-63(7)9-2)59-84-88(76,77)82-55-64(71)56-83-89(78,79)85-60-66(58-81-68(73)52-45-38-31-25-19-15-17-23-29-36-42-49-62(5)6)87-70(75)53-46-39-32-26-18-14-12-13-16-22-28-35-41-48-61(3)4/h61-66,71H,8-60H2,1-7H3,(H,76,77)(H,78,79)/t63?,64-,65+,66+/m0/s1. The average molecular weight is 1310 g/mol. The van der Waals surface area contributed by atoms with Crippen molar-refractivity contribution in [2.24, 2.45) is 17.8 Å². The molecule has 89 heavy (non-hydrogen) atoms. The van der Waals surface area contributed by atoms with Gasteiger partial charge < -0.3 is 33.8 Å². The number of ether oxygens (including phenoxy) is 4. The van der Waals surface area contributed by atoms with Gasteiger partial charge in [-0.1, -0.05) is 299 Å². The predicted molar refractivity (Wildman–Crippen MR) is 358 cm³/mol. The zero-order valence-electron chi connectivity index (χ0n) is 57.9. The Morgan fingerprint density at radius 3 is 0.854 bits per heavy atom. The lowest BCUT2D eigenvalue weighted by molar-refractivity contribution is -0.161. The second-order valence-corrected chi connectivity index (χ2v) is 29.4. The second kappa shape index (κ2) is 61.0. The average Bonchev–Trinajstić information content (AvgIpc) is 3.71. The quantitative estimate of drug-likeness (QED) is 0.0222. The van der Waals surface area contributed by atoms with E-state index in [1.807, 2.05) is 0 Å². The number of phosphoric ester groups is 2. The van der Waals surface area contributed by atoms with Gasteiger partial charge in [0.25, 0.3) is 0 Å². The Kier molecular flexibility index (Phi) is 59.6. The first-order valence-corrected chi connectivity index (χ1v) is 39.4. The van der Waals surface area contributed by atoms with Gasteiger partial charge in [0.15, 0.2) is 12.2 Å². The molecule has 528 valence electrons. The molecule has 19 heteroatoms. The van der Waals surface area contributed by atoms with Crippen molar-refractivity contribution < 1.29 is 80.2 Å². The number of phosphoric acid groups is 2. The number of aliphatic hydroxyl groups is 1. The van der Waals surface area contributed by atoms with Gasteiger partial charge in [-0.2, -0.15) is 0 Å². The summed E-state index contributed by atoms with van der Waals surface area (Å²) in [6.45, 7) is 11.8. The molecule has 0 aliphatic carbocycles. The Hall–Kier alpha value is -1.94. The molecule has 0 aromatic rings. The summed E-state index contributed by atoms with van der Waals surface area (Å²) in [5.74, 6) is 0.225. The Bertz CT molecular complexity index is 1750. The first kappa shape index (κ1) is 87.1. The highest BCUT2D eigenvalue weighted by atomic mass is 31.2. The summed E-state index contributed by atoms with van der Waals surface area (Å²) >= 11 is 0. The van der Waals surface area contributed by atoms with Gasteiger partial charge in [0.1, 0.15) is 19.3 Å². The molecule has 0 saturated heterocycles. The van der Waals surface area contributed by atoms with Crippen LogP contribution < -0.4 is 0 Å². The van der Waals surface area contributed by atoms with Crippen molar-refractivity contribution in [2.75, 3.05) is 39.6 Å². The maximum absolute atomic E-state index is 13.0. The molecule has 17 nitrogen and oxygen atoms in total. The molecule has 0 aliphatic rings. The molecule has 0 fully saturated rings. The molecule has 3 unspecified atom stereocenters. The van der Waals surface area contributed by atoms with E-state index in [0.717, 1.165) is 114 Å². The fraction of sp³-hybridized carbons (Fsp3) is 0.943. The number of aliphatic hydroxyl groups excluding tert-OH is 1. The molecule has 6 atom stereocenters. The van der Waals surface area contributed by atoms with E-state index in [2.05, 4.69) is 48.5 Å². The summed E-state index contributed by atoms with van der Waals surface area (Å²) in [6.07, 6.45) is 44.7. The second-order valence-electron chi connectivity index (χ2n) is 26.5. The van der Waals surface area contributed by atoms with E-state index >= 15 is 0 Å². The van der Waals surface area contributed by atoms with E-state index in [0.29, 0.717) is 25.7 Å². The van der Waals surface area contributed by atoms with Crippen LogP contribution in [-0.2, 0) is 65.4 Å². The van der Waals surface area contributed by atoms with Crippen molar-refractivity contribution in [3.05, 3.63) is 0 Å². The minimum Gasteiger partial charge on any atom is -0.462 e. The Morgan fingerprint density at radius 1 is 0.326 bits per heavy atom. The SMILES string of the molecule is CCCCCCCC(=O)OC[C@H](COP(=O)(O)OC[C@H](O)COP(=O)(O)OC[C@@H](COC(=O)CCCCCCCCCCCCCC(C)C)OC(=O)CCCCCCCCCCCCCCCC(C)C)OC(=O)CCCCCCCCCCCCC(C)CC. The van der Waals surface area contributed by atoms with Gasteiger partial charge in [0.05, 0.1) is 26.4 Å². The smallest absolute Gasteiger partial charge is 0.462 e. The lowest BCUT2D eigenvalue weighted by Crippen LogP contribution is -2.30. The topological polar surface area (TPSA) is 237 Å². The number of unbranched alkanes of at least 4 members (excludes halogenated alkanes) is 35. The highest BCUT2D eigenvalue weighted by molar-refractivity contribution is 7.47. The lowest BCUT2D eigenvalue weighted by Gasteiger charge is -2.21. The van der Waals surface area contributed by atoms with Gasteiger partial charge in [-0.3, -0.25) is 37.3 Å². The molecule has 0 bridgehead atoms. The third kappa shape index (κ3) is 63.2. The summed E-state index contributed by atoms with van der Waals surface area (Å²) in [4.78, 5) is 72.3. The largest absolute Gasteiger partial charge is 0.472 e. The third-order valence-electron chi connectivity index (χ3n) is 16.5. The van der Waals surface area contributed by atoms with Crippen LogP contribution in [0, 0.1) is 17.8 Å².